The summed E-state index contributed by atoms with van der Waals surface area (Å²) in [4.78, 5) is 49.4. The molecule has 7 heteroatoms. The van der Waals surface area contributed by atoms with Gasteiger partial charge < -0.3 is 4.90 Å². The molecule has 0 spiro atoms. The molecule has 0 saturated carbocycles. The summed E-state index contributed by atoms with van der Waals surface area (Å²) in [6.07, 6.45) is 1.81. The summed E-state index contributed by atoms with van der Waals surface area (Å²) < 4.78 is 0. The smallest absolute Gasteiger partial charge is 0.240 e. The molecule has 0 bridgehead atoms. The first-order valence-corrected chi connectivity index (χ1v) is 12.7. The Bertz CT molecular complexity index is 1300. The van der Waals surface area contributed by atoms with Crippen LogP contribution in [-0.2, 0) is 26.3 Å². The molecule has 37 heavy (non-hydrogen) atoms. The van der Waals surface area contributed by atoms with Gasteiger partial charge in [0, 0.05) is 58.8 Å². The summed E-state index contributed by atoms with van der Waals surface area (Å²) in [7, 11) is 1.51. The summed E-state index contributed by atoms with van der Waals surface area (Å²) in [5.41, 5.74) is 3.86. The number of rotatable bonds is 6. The summed E-state index contributed by atoms with van der Waals surface area (Å²) in [5.74, 6) is -0.639. The second-order valence-corrected chi connectivity index (χ2v) is 10.1. The SMILES string of the molecule is Cc1cccnc1CN1CCN(C(=O)C[C@@]2(c3ccc(-c4ccccc4)cc3)CC(=O)N(C)C2=O)CC1. The molecule has 3 amide bonds. The van der Waals surface area contributed by atoms with Gasteiger partial charge in [-0.1, -0.05) is 60.7 Å². The Morgan fingerprint density at radius 1 is 0.892 bits per heavy atom. The third-order valence-corrected chi connectivity index (χ3v) is 7.75. The molecule has 0 N–H and O–H groups in total. The van der Waals surface area contributed by atoms with Crippen molar-refractivity contribution in [1.82, 2.24) is 19.7 Å². The van der Waals surface area contributed by atoms with Gasteiger partial charge in [-0.25, -0.2) is 0 Å². The van der Waals surface area contributed by atoms with Gasteiger partial charge in [0.1, 0.15) is 0 Å². The monoisotopic (exact) mass is 496 g/mol. The lowest BCUT2D eigenvalue weighted by Crippen LogP contribution is -2.50. The molecule has 1 atom stereocenters. The minimum Gasteiger partial charge on any atom is -0.340 e. The molecule has 0 aliphatic carbocycles. The van der Waals surface area contributed by atoms with Gasteiger partial charge in [0.2, 0.25) is 17.7 Å². The van der Waals surface area contributed by atoms with Crippen molar-refractivity contribution in [2.45, 2.75) is 31.7 Å². The molecular weight excluding hydrogens is 464 g/mol. The number of benzene rings is 2. The Morgan fingerprint density at radius 2 is 1.57 bits per heavy atom. The van der Waals surface area contributed by atoms with Gasteiger partial charge in [0.25, 0.3) is 0 Å². The molecule has 2 aliphatic rings. The van der Waals surface area contributed by atoms with Crippen LogP contribution < -0.4 is 0 Å². The number of pyridine rings is 1. The van der Waals surface area contributed by atoms with Crippen molar-refractivity contribution in [3.63, 3.8) is 0 Å². The minimum atomic E-state index is -1.17. The fourth-order valence-electron chi connectivity index (χ4n) is 5.39. The van der Waals surface area contributed by atoms with Crippen molar-refractivity contribution < 1.29 is 14.4 Å². The number of carbonyl (C=O) groups is 3. The number of likely N-dealkylation sites (N-methyl/N-ethyl adjacent to an activating group) is 1. The second kappa shape index (κ2) is 10.3. The van der Waals surface area contributed by atoms with Crippen molar-refractivity contribution in [3.8, 4) is 11.1 Å². The van der Waals surface area contributed by atoms with E-state index >= 15 is 0 Å². The molecule has 2 saturated heterocycles. The van der Waals surface area contributed by atoms with Crippen LogP contribution >= 0.6 is 0 Å². The van der Waals surface area contributed by atoms with E-state index in [9.17, 15) is 14.4 Å². The predicted octanol–water partition coefficient (Wildman–Crippen LogP) is 3.42. The lowest BCUT2D eigenvalue weighted by atomic mass is 9.75. The van der Waals surface area contributed by atoms with Crippen molar-refractivity contribution in [3.05, 3.63) is 89.7 Å². The summed E-state index contributed by atoms with van der Waals surface area (Å²) >= 11 is 0. The Morgan fingerprint density at radius 3 is 2.19 bits per heavy atom. The van der Waals surface area contributed by atoms with Crippen LogP contribution in [0.1, 0.15) is 29.7 Å². The van der Waals surface area contributed by atoms with E-state index in [0.717, 1.165) is 42.0 Å². The van der Waals surface area contributed by atoms with E-state index in [1.807, 2.05) is 71.8 Å². The highest BCUT2D eigenvalue weighted by molar-refractivity contribution is 6.10. The number of amides is 3. The van der Waals surface area contributed by atoms with Gasteiger partial charge in [0.15, 0.2) is 0 Å². The second-order valence-electron chi connectivity index (χ2n) is 10.1. The van der Waals surface area contributed by atoms with E-state index in [1.165, 1.54) is 11.9 Å². The molecule has 190 valence electrons. The average molecular weight is 497 g/mol. The van der Waals surface area contributed by atoms with E-state index < -0.39 is 5.41 Å². The van der Waals surface area contributed by atoms with E-state index in [0.29, 0.717) is 18.7 Å². The van der Waals surface area contributed by atoms with Crippen LogP contribution in [0.3, 0.4) is 0 Å². The number of likely N-dealkylation sites (tertiary alicyclic amines) is 1. The first kappa shape index (κ1) is 24.8. The lowest BCUT2D eigenvalue weighted by molar-refractivity contribution is -0.142. The van der Waals surface area contributed by atoms with E-state index in [2.05, 4.69) is 22.9 Å². The molecule has 7 nitrogen and oxygen atoms in total. The maximum atomic E-state index is 13.5. The fourth-order valence-corrected chi connectivity index (χ4v) is 5.39. The zero-order valence-electron chi connectivity index (χ0n) is 21.4. The summed E-state index contributed by atoms with van der Waals surface area (Å²) in [6.45, 7) is 5.48. The number of carbonyl (C=O) groups excluding carboxylic acids is 3. The molecule has 0 radical (unpaired) electrons. The average Bonchev–Trinajstić information content (AvgIpc) is 3.15. The third kappa shape index (κ3) is 4.91. The lowest BCUT2D eigenvalue weighted by Gasteiger charge is -2.36. The Hall–Kier alpha value is -3.84. The van der Waals surface area contributed by atoms with Crippen LogP contribution in [0.25, 0.3) is 11.1 Å². The van der Waals surface area contributed by atoms with Gasteiger partial charge >= 0.3 is 0 Å². The number of aryl methyl sites for hydroxylation is 1. The highest BCUT2D eigenvalue weighted by atomic mass is 16.2. The van der Waals surface area contributed by atoms with Crippen LogP contribution in [-0.4, -0.2) is 70.6 Å². The number of piperazine rings is 1. The molecule has 5 rings (SSSR count). The third-order valence-electron chi connectivity index (χ3n) is 7.75. The van der Waals surface area contributed by atoms with E-state index in [1.54, 1.807) is 0 Å². The van der Waals surface area contributed by atoms with Gasteiger partial charge in [-0.2, -0.15) is 0 Å². The number of nitrogens with zero attached hydrogens (tertiary/aromatic N) is 4. The molecule has 2 aromatic carbocycles. The number of imide groups is 1. The fraction of sp³-hybridized carbons (Fsp3) is 0.333. The first-order chi connectivity index (χ1) is 17.9. The summed E-state index contributed by atoms with van der Waals surface area (Å²) in [6, 6.07) is 21.7. The van der Waals surface area contributed by atoms with E-state index in [4.69, 9.17) is 0 Å². The van der Waals surface area contributed by atoms with E-state index in [-0.39, 0.29) is 30.6 Å². The normalized spacial score (nSPS) is 20.5. The topological polar surface area (TPSA) is 73.8 Å². The van der Waals surface area contributed by atoms with Crippen LogP contribution in [0.4, 0.5) is 0 Å². The summed E-state index contributed by atoms with van der Waals surface area (Å²) in [5, 5.41) is 0. The van der Waals surface area contributed by atoms with Crippen LogP contribution in [0.15, 0.2) is 72.9 Å². The zero-order valence-corrected chi connectivity index (χ0v) is 21.4. The molecule has 3 heterocycles. The largest absolute Gasteiger partial charge is 0.340 e. The zero-order chi connectivity index (χ0) is 26.0. The molecule has 1 aromatic heterocycles. The standard InChI is InChI=1S/C30H32N4O3/c1-22-7-6-14-31-26(22)21-33-15-17-34(18-16-33)28(36)20-30(19-27(35)32(2)29(30)37)25-12-10-24(11-13-25)23-8-4-3-5-9-23/h3-14H,15-21H2,1-2H3/t30-/m1/s1. The highest BCUT2D eigenvalue weighted by Crippen LogP contribution is 2.40. The highest BCUT2D eigenvalue weighted by Gasteiger charge is 2.53. The quantitative estimate of drug-likeness (QED) is 0.489. The number of hydrogen-bond donors (Lipinski definition) is 0. The maximum absolute atomic E-state index is 13.5. The molecular formula is C30H32N4O3. The van der Waals surface area contributed by atoms with Crippen molar-refractivity contribution in [1.29, 1.82) is 0 Å². The number of aromatic nitrogens is 1. The van der Waals surface area contributed by atoms with Crippen molar-refractivity contribution >= 4 is 17.7 Å². The Kier molecular flexibility index (Phi) is 6.89. The molecule has 2 aliphatic heterocycles. The van der Waals surface area contributed by atoms with Gasteiger partial charge in [-0.15, -0.1) is 0 Å². The van der Waals surface area contributed by atoms with Crippen LogP contribution in [0.2, 0.25) is 0 Å². The predicted molar refractivity (Wildman–Crippen MR) is 141 cm³/mol. The van der Waals surface area contributed by atoms with Crippen molar-refractivity contribution in [2.75, 3.05) is 33.2 Å². The van der Waals surface area contributed by atoms with Crippen LogP contribution in [0, 0.1) is 6.92 Å². The van der Waals surface area contributed by atoms with Crippen molar-refractivity contribution in [2.24, 2.45) is 0 Å². The maximum Gasteiger partial charge on any atom is 0.240 e. The van der Waals surface area contributed by atoms with Gasteiger partial charge in [-0.3, -0.25) is 29.2 Å². The molecule has 3 aromatic rings. The Labute approximate surface area is 217 Å². The Balaban J connectivity index is 1.31. The first-order valence-electron chi connectivity index (χ1n) is 12.7. The molecule has 0 unspecified atom stereocenters. The van der Waals surface area contributed by atoms with Gasteiger partial charge in [-0.05, 0) is 35.2 Å². The van der Waals surface area contributed by atoms with Crippen LogP contribution in [0.5, 0.6) is 0 Å². The minimum absolute atomic E-state index is 0.00799. The number of hydrogen-bond acceptors (Lipinski definition) is 5. The van der Waals surface area contributed by atoms with Gasteiger partial charge in [0.05, 0.1) is 11.1 Å². The molecule has 2 fully saturated rings.